The smallest absolute Gasteiger partial charge is 0.161 e. The molecule has 4 heteroatoms. The van der Waals surface area contributed by atoms with Gasteiger partial charge in [0.15, 0.2) is 11.5 Å². The van der Waals surface area contributed by atoms with E-state index in [4.69, 9.17) is 21.1 Å². The molecular weight excluding hydrogens is 286 g/mol. The number of fused-ring (bicyclic) bond motifs is 1. The SMILES string of the molecule is COc1ccccc1OCc1cc2ccc(Cl)cc2n1C. The predicted molar refractivity (Wildman–Crippen MR) is 85.3 cm³/mol. The fourth-order valence-electron chi connectivity index (χ4n) is 2.39. The number of hydrogen-bond acceptors (Lipinski definition) is 2. The Labute approximate surface area is 128 Å². The number of rotatable bonds is 4. The number of benzene rings is 2. The van der Waals surface area contributed by atoms with Gasteiger partial charge in [-0.3, -0.25) is 0 Å². The lowest BCUT2D eigenvalue weighted by Crippen LogP contribution is -2.02. The van der Waals surface area contributed by atoms with Crippen LogP contribution < -0.4 is 9.47 Å². The van der Waals surface area contributed by atoms with E-state index in [1.807, 2.05) is 49.5 Å². The Morgan fingerprint density at radius 1 is 1.05 bits per heavy atom. The Balaban J connectivity index is 1.87. The second-order valence-corrected chi connectivity index (χ2v) is 5.27. The molecule has 0 spiro atoms. The zero-order chi connectivity index (χ0) is 14.8. The van der Waals surface area contributed by atoms with Crippen LogP contribution in [0.4, 0.5) is 0 Å². The molecule has 2 aromatic carbocycles. The van der Waals surface area contributed by atoms with Crippen molar-refractivity contribution in [1.82, 2.24) is 4.57 Å². The van der Waals surface area contributed by atoms with Crippen molar-refractivity contribution in [3.05, 3.63) is 59.2 Å². The molecule has 0 saturated heterocycles. The molecule has 1 aromatic heterocycles. The highest BCUT2D eigenvalue weighted by Crippen LogP contribution is 2.28. The van der Waals surface area contributed by atoms with E-state index in [2.05, 4.69) is 10.6 Å². The molecule has 0 amide bonds. The van der Waals surface area contributed by atoms with Gasteiger partial charge in [0.1, 0.15) is 6.61 Å². The minimum absolute atomic E-state index is 0.475. The fraction of sp³-hybridized carbons (Fsp3) is 0.176. The highest BCUT2D eigenvalue weighted by atomic mass is 35.5. The van der Waals surface area contributed by atoms with Crippen LogP contribution in [-0.4, -0.2) is 11.7 Å². The molecule has 3 nitrogen and oxygen atoms in total. The molecule has 108 valence electrons. The van der Waals surface area contributed by atoms with Crippen molar-refractivity contribution in [1.29, 1.82) is 0 Å². The van der Waals surface area contributed by atoms with E-state index in [1.165, 1.54) is 0 Å². The second-order valence-electron chi connectivity index (χ2n) is 4.84. The van der Waals surface area contributed by atoms with Crippen molar-refractivity contribution < 1.29 is 9.47 Å². The van der Waals surface area contributed by atoms with Crippen LogP contribution in [0, 0.1) is 0 Å². The zero-order valence-electron chi connectivity index (χ0n) is 12.0. The van der Waals surface area contributed by atoms with Gasteiger partial charge in [-0.1, -0.05) is 29.8 Å². The third kappa shape index (κ3) is 2.69. The molecule has 0 N–H and O–H groups in total. The van der Waals surface area contributed by atoms with Gasteiger partial charge in [0, 0.05) is 23.0 Å². The summed E-state index contributed by atoms with van der Waals surface area (Å²) in [6, 6.07) is 15.6. The molecule has 0 unspecified atom stereocenters. The summed E-state index contributed by atoms with van der Waals surface area (Å²) in [5.41, 5.74) is 2.18. The number of hydrogen-bond donors (Lipinski definition) is 0. The van der Waals surface area contributed by atoms with Crippen molar-refractivity contribution >= 4 is 22.5 Å². The van der Waals surface area contributed by atoms with Crippen LogP contribution >= 0.6 is 11.6 Å². The van der Waals surface area contributed by atoms with E-state index in [0.717, 1.165) is 33.1 Å². The lowest BCUT2D eigenvalue weighted by molar-refractivity contribution is 0.278. The van der Waals surface area contributed by atoms with Gasteiger partial charge < -0.3 is 14.0 Å². The van der Waals surface area contributed by atoms with Gasteiger partial charge in [0.25, 0.3) is 0 Å². The molecule has 0 bridgehead atoms. The maximum Gasteiger partial charge on any atom is 0.161 e. The summed E-state index contributed by atoms with van der Waals surface area (Å²) in [4.78, 5) is 0. The first kappa shape index (κ1) is 13.8. The molecule has 1 heterocycles. The average molecular weight is 302 g/mol. The summed E-state index contributed by atoms with van der Waals surface area (Å²) in [7, 11) is 3.65. The average Bonchev–Trinajstić information content (AvgIpc) is 2.82. The number of aryl methyl sites for hydroxylation is 1. The maximum absolute atomic E-state index is 6.05. The van der Waals surface area contributed by atoms with Crippen LogP contribution in [0.5, 0.6) is 11.5 Å². The van der Waals surface area contributed by atoms with Crippen molar-refractivity contribution in [3.63, 3.8) is 0 Å². The minimum Gasteiger partial charge on any atom is -0.493 e. The summed E-state index contributed by atoms with van der Waals surface area (Å²) in [6.07, 6.45) is 0. The first-order valence-corrected chi connectivity index (χ1v) is 7.06. The van der Waals surface area contributed by atoms with Crippen LogP contribution in [0.3, 0.4) is 0 Å². The molecule has 0 aliphatic heterocycles. The van der Waals surface area contributed by atoms with Gasteiger partial charge in [-0.05, 0) is 30.3 Å². The molecule has 0 aliphatic carbocycles. The Hall–Kier alpha value is -2.13. The van der Waals surface area contributed by atoms with Crippen LogP contribution in [0.2, 0.25) is 5.02 Å². The number of para-hydroxylation sites is 2. The summed E-state index contributed by atoms with van der Waals surface area (Å²) in [5, 5.41) is 1.89. The first-order valence-electron chi connectivity index (χ1n) is 6.68. The molecule has 3 rings (SSSR count). The first-order chi connectivity index (χ1) is 10.2. The number of methoxy groups -OCH3 is 1. The molecule has 0 atom stereocenters. The van der Waals surface area contributed by atoms with Gasteiger partial charge in [-0.25, -0.2) is 0 Å². The number of ether oxygens (including phenoxy) is 2. The van der Waals surface area contributed by atoms with Crippen LogP contribution in [-0.2, 0) is 13.7 Å². The molecular formula is C17H16ClNO2. The van der Waals surface area contributed by atoms with E-state index < -0.39 is 0 Å². The monoisotopic (exact) mass is 301 g/mol. The Morgan fingerprint density at radius 3 is 2.57 bits per heavy atom. The van der Waals surface area contributed by atoms with E-state index in [1.54, 1.807) is 7.11 Å². The maximum atomic E-state index is 6.05. The topological polar surface area (TPSA) is 23.4 Å². The lowest BCUT2D eigenvalue weighted by Gasteiger charge is -2.11. The van der Waals surface area contributed by atoms with E-state index in [9.17, 15) is 0 Å². The molecule has 21 heavy (non-hydrogen) atoms. The Morgan fingerprint density at radius 2 is 1.81 bits per heavy atom. The standard InChI is InChI=1S/C17H16ClNO2/c1-19-14(9-12-7-8-13(18)10-15(12)19)11-21-17-6-4-3-5-16(17)20-2/h3-10H,11H2,1-2H3. The van der Waals surface area contributed by atoms with Gasteiger partial charge in [0.05, 0.1) is 12.8 Å². The highest BCUT2D eigenvalue weighted by Gasteiger charge is 2.08. The quantitative estimate of drug-likeness (QED) is 0.712. The van der Waals surface area contributed by atoms with Crippen LogP contribution in [0.15, 0.2) is 48.5 Å². The Kier molecular flexibility index (Phi) is 3.76. The molecule has 0 radical (unpaired) electrons. The fourth-order valence-corrected chi connectivity index (χ4v) is 2.55. The third-order valence-corrected chi connectivity index (χ3v) is 3.79. The summed E-state index contributed by atoms with van der Waals surface area (Å²) >= 11 is 6.05. The Bertz CT molecular complexity index is 780. The highest BCUT2D eigenvalue weighted by molar-refractivity contribution is 6.31. The van der Waals surface area contributed by atoms with E-state index in [0.29, 0.717) is 6.61 Å². The van der Waals surface area contributed by atoms with Crippen molar-refractivity contribution in [2.75, 3.05) is 7.11 Å². The van der Waals surface area contributed by atoms with Gasteiger partial charge in [-0.2, -0.15) is 0 Å². The van der Waals surface area contributed by atoms with E-state index >= 15 is 0 Å². The lowest BCUT2D eigenvalue weighted by atomic mass is 10.2. The molecule has 3 aromatic rings. The summed E-state index contributed by atoms with van der Waals surface area (Å²) in [6.45, 7) is 0.475. The van der Waals surface area contributed by atoms with Crippen LogP contribution in [0.25, 0.3) is 10.9 Å². The summed E-state index contributed by atoms with van der Waals surface area (Å²) in [5.74, 6) is 1.47. The summed E-state index contributed by atoms with van der Waals surface area (Å²) < 4.78 is 13.3. The van der Waals surface area contributed by atoms with Gasteiger partial charge >= 0.3 is 0 Å². The van der Waals surface area contributed by atoms with Crippen LogP contribution in [0.1, 0.15) is 5.69 Å². The largest absolute Gasteiger partial charge is 0.493 e. The van der Waals surface area contributed by atoms with Crippen molar-refractivity contribution in [2.45, 2.75) is 6.61 Å². The minimum atomic E-state index is 0.475. The number of nitrogens with zero attached hydrogens (tertiary/aromatic N) is 1. The molecule has 0 aliphatic rings. The van der Waals surface area contributed by atoms with E-state index in [-0.39, 0.29) is 0 Å². The molecule has 0 saturated carbocycles. The second kappa shape index (κ2) is 5.70. The zero-order valence-corrected chi connectivity index (χ0v) is 12.7. The normalized spacial score (nSPS) is 10.8. The third-order valence-electron chi connectivity index (χ3n) is 3.55. The predicted octanol–water partition coefficient (Wildman–Crippen LogP) is 4.42. The van der Waals surface area contributed by atoms with Crippen molar-refractivity contribution in [3.8, 4) is 11.5 Å². The van der Waals surface area contributed by atoms with Gasteiger partial charge in [0.2, 0.25) is 0 Å². The molecule has 0 fully saturated rings. The van der Waals surface area contributed by atoms with Gasteiger partial charge in [-0.15, -0.1) is 0 Å². The number of halogens is 1. The number of aromatic nitrogens is 1. The van der Waals surface area contributed by atoms with Crippen molar-refractivity contribution in [2.24, 2.45) is 7.05 Å².